The Bertz CT molecular complexity index is 4.00. The molecule has 4 heteroatoms. The molecule has 0 aliphatic carbocycles. The van der Waals surface area contributed by atoms with E-state index in [1.807, 2.05) is 0 Å². The summed E-state index contributed by atoms with van der Waals surface area (Å²) in [5.41, 5.74) is 0. The van der Waals surface area contributed by atoms with Gasteiger partial charge in [-0.25, -0.2) is 4.13 Å². The predicted molar refractivity (Wildman–Crippen MR) is 26.1 cm³/mol. The Morgan fingerprint density at radius 2 is 1.25 bits per heavy atom. The summed E-state index contributed by atoms with van der Waals surface area (Å²) in [5.74, 6) is 0. The van der Waals surface area contributed by atoms with Crippen LogP contribution in [0.1, 0.15) is 0 Å². The smallest absolute Gasteiger partial charge is 0.0891 e. The van der Waals surface area contributed by atoms with Gasteiger partial charge in [0.25, 0.3) is 0 Å². The minimum Gasteiger partial charge on any atom is -0.344 e. The van der Waals surface area contributed by atoms with Crippen molar-refractivity contribution in [3.05, 3.63) is 0 Å². The van der Waals surface area contributed by atoms with E-state index in [1.165, 1.54) is 0 Å². The van der Waals surface area contributed by atoms with Crippen LogP contribution in [0.15, 0.2) is 0 Å². The van der Waals surface area contributed by atoms with Crippen LogP contribution in [0, 0.1) is 0 Å². The van der Waals surface area contributed by atoms with Gasteiger partial charge in [0.15, 0.2) is 0 Å². The standard InChI is InChI=1S/H3NS2.H3N/c2-1-3;/h1-3H;1H3. The Morgan fingerprint density at radius 1 is 1.25 bits per heavy atom. The number of hydrogen-bond acceptors (Lipinski definition) is 4. The first kappa shape index (κ1) is 8.82. The molecule has 0 aromatic carbocycles. The Hall–Kier alpha value is 0.620. The maximum Gasteiger partial charge on any atom is -0.0891 e. The molecular weight excluding hydrogens is 92.1 g/mol. The van der Waals surface area contributed by atoms with E-state index < -0.39 is 0 Å². The Kier molecular flexibility index (Phi) is 20.9. The van der Waals surface area contributed by atoms with Crippen molar-refractivity contribution in [1.82, 2.24) is 10.3 Å². The maximum atomic E-state index is 3.40. The molecule has 0 atom stereocenters. The van der Waals surface area contributed by atoms with Gasteiger partial charge in [0.2, 0.25) is 0 Å². The highest BCUT2D eigenvalue weighted by Gasteiger charge is 1.26. The summed E-state index contributed by atoms with van der Waals surface area (Å²) >= 11 is 6.81. The minimum absolute atomic E-state index is 0. The molecule has 0 fully saturated rings. The lowest BCUT2D eigenvalue weighted by molar-refractivity contribution is 1.83. The summed E-state index contributed by atoms with van der Waals surface area (Å²) in [6.45, 7) is 0. The van der Waals surface area contributed by atoms with E-state index >= 15 is 0 Å². The number of nitrogens with one attached hydrogen (secondary N) is 1. The predicted octanol–water partition coefficient (Wildman–Crippen LogP) is 0.428. The topological polar surface area (TPSA) is 47.0 Å². The van der Waals surface area contributed by atoms with Crippen molar-refractivity contribution in [1.29, 1.82) is 0 Å². The lowest BCUT2D eigenvalue weighted by Crippen LogP contribution is -1.60. The monoisotopic (exact) mass is 98.0 g/mol. The molecule has 0 saturated heterocycles. The normalized spacial score (nSPS) is 4.50. The zero-order valence-corrected chi connectivity index (χ0v) is 3.89. The molecule has 0 unspecified atom stereocenters. The van der Waals surface area contributed by atoms with Crippen LogP contribution in [0.3, 0.4) is 0 Å². The van der Waals surface area contributed by atoms with E-state index in [1.54, 1.807) is 0 Å². The van der Waals surface area contributed by atoms with Crippen LogP contribution in [0.5, 0.6) is 0 Å². The Balaban J connectivity index is 0. The molecular formula is H6N2S2. The number of hydrogen-bond donors (Lipinski definition) is 4. The largest absolute Gasteiger partial charge is 0.344 e. The summed E-state index contributed by atoms with van der Waals surface area (Å²) in [6.07, 6.45) is 0. The minimum atomic E-state index is 0. The van der Waals surface area contributed by atoms with Crippen LogP contribution in [-0.2, 0) is 0 Å². The van der Waals surface area contributed by atoms with Gasteiger partial charge in [-0.05, 0) is 0 Å². The molecule has 0 saturated carbocycles. The fraction of sp³-hybridized carbons (Fsp3) is 0. The van der Waals surface area contributed by atoms with Gasteiger partial charge < -0.3 is 6.15 Å². The third-order valence-corrected chi connectivity index (χ3v) is 0. The molecule has 2 nitrogen and oxygen atoms in total. The van der Waals surface area contributed by atoms with Crippen LogP contribution in [0.25, 0.3) is 0 Å². The van der Waals surface area contributed by atoms with Crippen molar-refractivity contribution in [2.45, 2.75) is 0 Å². The fourth-order valence-electron chi connectivity index (χ4n) is 0. The molecule has 0 heterocycles. The van der Waals surface area contributed by atoms with E-state index in [0.717, 1.165) is 0 Å². The molecule has 0 aliphatic heterocycles. The van der Waals surface area contributed by atoms with Crippen LogP contribution in [-0.4, -0.2) is 0 Å². The molecule has 0 aromatic heterocycles. The van der Waals surface area contributed by atoms with Gasteiger partial charge in [-0.1, -0.05) is 25.6 Å². The maximum absolute atomic E-state index is 3.40. The Morgan fingerprint density at radius 3 is 1.25 bits per heavy atom. The van der Waals surface area contributed by atoms with Gasteiger partial charge in [0, 0.05) is 0 Å². The number of rotatable bonds is 0. The average Bonchev–Trinajstić information content (AvgIpc) is 0.918. The van der Waals surface area contributed by atoms with E-state index in [0.29, 0.717) is 0 Å². The summed E-state index contributed by atoms with van der Waals surface area (Å²) in [6, 6.07) is 0. The molecule has 0 amide bonds. The Labute approximate surface area is 36.6 Å². The third-order valence-electron chi connectivity index (χ3n) is 0. The first-order chi connectivity index (χ1) is 1.41. The fourth-order valence-corrected chi connectivity index (χ4v) is 0. The highest BCUT2D eigenvalue weighted by Crippen LogP contribution is 1.54. The van der Waals surface area contributed by atoms with Crippen molar-refractivity contribution in [3.8, 4) is 0 Å². The lowest BCUT2D eigenvalue weighted by atomic mass is 13.9. The first-order valence-corrected chi connectivity index (χ1v) is 1.34. The zero-order valence-electron chi connectivity index (χ0n) is 2.10. The zero-order chi connectivity index (χ0) is 2.71. The summed E-state index contributed by atoms with van der Waals surface area (Å²) in [4.78, 5) is 0. The average molecular weight is 98.2 g/mol. The molecule has 4 heavy (non-hydrogen) atoms. The molecule has 0 radical (unpaired) electrons. The van der Waals surface area contributed by atoms with Crippen LogP contribution in [0.4, 0.5) is 0 Å². The van der Waals surface area contributed by atoms with E-state index in [2.05, 4.69) is 29.8 Å². The second-order valence-electron chi connectivity index (χ2n) is 0.100. The van der Waals surface area contributed by atoms with Gasteiger partial charge in [-0.3, -0.25) is 0 Å². The molecule has 0 bridgehead atoms. The van der Waals surface area contributed by atoms with Gasteiger partial charge in [-0.15, -0.1) is 0 Å². The van der Waals surface area contributed by atoms with E-state index in [-0.39, 0.29) is 6.15 Å². The van der Waals surface area contributed by atoms with Gasteiger partial charge in [0.1, 0.15) is 0 Å². The highest BCUT2D eigenvalue weighted by atomic mass is 32.2. The van der Waals surface area contributed by atoms with E-state index in [4.69, 9.17) is 0 Å². The summed E-state index contributed by atoms with van der Waals surface area (Å²) in [5, 5.41) is 0. The van der Waals surface area contributed by atoms with Crippen molar-refractivity contribution < 1.29 is 0 Å². The molecule has 4 N–H and O–H groups in total. The van der Waals surface area contributed by atoms with Crippen LogP contribution >= 0.6 is 25.6 Å². The summed E-state index contributed by atoms with van der Waals surface area (Å²) < 4.78 is 2.14. The van der Waals surface area contributed by atoms with Crippen molar-refractivity contribution in [2.75, 3.05) is 0 Å². The quantitative estimate of drug-likeness (QED) is 0.332. The number of thiol groups is 2. The lowest BCUT2D eigenvalue weighted by Gasteiger charge is -1.57. The SMILES string of the molecule is N.SNS. The second kappa shape index (κ2) is 9.47. The first-order valence-electron chi connectivity index (χ1n) is 0.447. The van der Waals surface area contributed by atoms with Crippen molar-refractivity contribution in [2.24, 2.45) is 0 Å². The molecule has 28 valence electrons. The van der Waals surface area contributed by atoms with Crippen molar-refractivity contribution in [3.63, 3.8) is 0 Å². The second-order valence-corrected chi connectivity index (χ2v) is 0.900. The molecule has 0 aliphatic rings. The van der Waals surface area contributed by atoms with Gasteiger partial charge in [-0.2, -0.15) is 0 Å². The molecule has 0 spiro atoms. The van der Waals surface area contributed by atoms with Crippen molar-refractivity contribution >= 4 is 25.6 Å². The summed E-state index contributed by atoms with van der Waals surface area (Å²) in [7, 11) is 0. The van der Waals surface area contributed by atoms with Crippen LogP contribution < -0.4 is 10.3 Å². The molecule has 0 aromatic rings. The third kappa shape index (κ3) is 17.9. The highest BCUT2D eigenvalue weighted by molar-refractivity contribution is 7.94. The van der Waals surface area contributed by atoms with Gasteiger partial charge in [0.05, 0.1) is 0 Å². The molecule has 0 rings (SSSR count). The van der Waals surface area contributed by atoms with E-state index in [9.17, 15) is 0 Å². The van der Waals surface area contributed by atoms with Crippen LogP contribution in [0.2, 0.25) is 0 Å². The van der Waals surface area contributed by atoms with Gasteiger partial charge >= 0.3 is 0 Å².